The molecule has 0 bridgehead atoms. The number of hydrogen-bond donors (Lipinski definition) is 5. The first kappa shape index (κ1) is 52.2. The van der Waals surface area contributed by atoms with Gasteiger partial charge in [0.15, 0.2) is 27.4 Å². The molecule has 0 unspecified atom stereocenters. The second-order valence-corrected chi connectivity index (χ2v) is 23.8. The smallest absolute Gasteiger partial charge is 0.201 e. The highest BCUT2D eigenvalue weighted by Gasteiger charge is 2.80. The molecule has 4 aliphatic rings. The summed E-state index contributed by atoms with van der Waals surface area (Å²) in [4.78, 5) is 17.4. The Morgan fingerprint density at radius 3 is 1.49 bits per heavy atom. The van der Waals surface area contributed by atoms with Crippen LogP contribution in [0.25, 0.3) is 0 Å². The molecule has 5 N–H and O–H groups in total. The van der Waals surface area contributed by atoms with Crippen molar-refractivity contribution in [1.82, 2.24) is 19.9 Å². The van der Waals surface area contributed by atoms with Crippen molar-refractivity contribution in [1.29, 1.82) is 0 Å². The van der Waals surface area contributed by atoms with Crippen molar-refractivity contribution in [2.75, 3.05) is 7.11 Å². The Labute approximate surface area is 457 Å². The maximum atomic E-state index is 14.2. The first-order chi connectivity index (χ1) is 35.7. The molecule has 4 aromatic heterocycles. The Bertz CT molecular complexity index is 3430. The minimum absolute atomic E-state index is 0.0203. The van der Waals surface area contributed by atoms with Gasteiger partial charge in [0.05, 0.1) is 26.2 Å². The molecule has 10 atom stereocenters. The summed E-state index contributed by atoms with van der Waals surface area (Å²) in [6.07, 6.45) is 2.85. The summed E-state index contributed by atoms with van der Waals surface area (Å²) in [5, 5.41) is 55.2. The van der Waals surface area contributed by atoms with Crippen molar-refractivity contribution in [3.63, 3.8) is 0 Å². The maximum absolute atomic E-state index is 14.2. The molecule has 0 saturated heterocycles. The molecule has 0 spiro atoms. The summed E-state index contributed by atoms with van der Waals surface area (Å²) in [5.74, 6) is -0.976. The number of aliphatic hydroxyl groups excluding tert-OH is 3. The summed E-state index contributed by atoms with van der Waals surface area (Å²) in [5.41, 5.74) is -4.21. The zero-order chi connectivity index (χ0) is 52.2. The van der Waals surface area contributed by atoms with Gasteiger partial charge in [0, 0.05) is 58.9 Å². The van der Waals surface area contributed by atoms with E-state index in [1.807, 2.05) is 72.8 Å². The van der Waals surface area contributed by atoms with E-state index in [-0.39, 0.29) is 27.2 Å². The van der Waals surface area contributed by atoms with E-state index in [0.29, 0.717) is 21.9 Å². The SMILES string of the molecule is CO.O=S(=O)(c1ccccn1)[C@H]1[C@@H](O)[C@@]2(O)c3ncc(Cl)cc3O[C@@]2(c2ccc(Br)cc2)[C@@H]1c1ccccc1.O[C@@H]1[C@H](Sc2ccccn2)[C@@H](c2ccccc2)[C@]2(c3ccc(Br)cc3)Oc3cc(Cl)cnc3[C@]12O. The molecule has 74 heavy (non-hydrogen) atoms. The van der Waals surface area contributed by atoms with Crippen LogP contribution in [0.3, 0.4) is 0 Å². The molecular weight excluding hydrogens is 1160 g/mol. The standard InChI is InChI=1S/C27H20BrClN2O5S.C27H20BrClN2O3S.CH4O/c28-18-11-9-17(10-12-18)27-22(16-6-2-1-3-7-16)23(37(34,35)21-8-4-5-13-30-21)25(32)26(27,33)24-20(36-27)14-19(29)15-31-24;28-18-11-9-17(10-12-18)27-22(16-6-2-1-3-7-16)23(35-21-8-4-5-13-30-21)25(32)26(27,33)24-20(34-27)14-19(29)15-31-24;1-2/h1-15,22-23,25,32-33H;1-15,22-23,25,32-33H;2H,1H3/t2*22-,23-,25-,26+,27+;/m11./s1. The van der Waals surface area contributed by atoms with E-state index in [1.165, 1.54) is 42.5 Å². The van der Waals surface area contributed by atoms with Crippen LogP contribution in [0, 0.1) is 0 Å². The van der Waals surface area contributed by atoms with Crippen LogP contribution in [0.15, 0.2) is 202 Å². The van der Waals surface area contributed by atoms with Gasteiger partial charge in [-0.2, -0.15) is 0 Å². The van der Waals surface area contributed by atoms with Crippen molar-refractivity contribution in [2.45, 2.75) is 67.0 Å². The van der Waals surface area contributed by atoms with E-state index in [9.17, 15) is 28.8 Å². The first-order valence-corrected chi connectivity index (χ1v) is 27.7. The van der Waals surface area contributed by atoms with Gasteiger partial charge in [-0.25, -0.2) is 18.4 Å². The van der Waals surface area contributed by atoms with Crippen molar-refractivity contribution >= 4 is 76.7 Å². The monoisotopic (exact) mass is 1200 g/mol. The summed E-state index contributed by atoms with van der Waals surface area (Å²) in [6.45, 7) is 0. The van der Waals surface area contributed by atoms with Crippen LogP contribution < -0.4 is 9.47 Å². The highest BCUT2D eigenvalue weighted by atomic mass is 79.9. The molecule has 13 nitrogen and oxygen atoms in total. The van der Waals surface area contributed by atoms with E-state index in [2.05, 4.69) is 51.8 Å². The van der Waals surface area contributed by atoms with Crippen LogP contribution in [0.1, 0.15) is 45.5 Å². The van der Waals surface area contributed by atoms with Gasteiger partial charge in [0.25, 0.3) is 0 Å². The van der Waals surface area contributed by atoms with Crippen molar-refractivity contribution in [3.05, 3.63) is 235 Å². The van der Waals surface area contributed by atoms with Gasteiger partial charge in [0.2, 0.25) is 9.84 Å². The third-order valence-electron chi connectivity index (χ3n) is 14.1. The number of benzene rings is 4. The third kappa shape index (κ3) is 8.09. The molecule has 2 aliphatic carbocycles. The molecule has 4 aromatic carbocycles. The minimum atomic E-state index is -4.29. The Kier molecular flexibility index (Phi) is 14.3. The second kappa shape index (κ2) is 20.3. The number of sulfone groups is 1. The van der Waals surface area contributed by atoms with Crippen LogP contribution in [0.5, 0.6) is 11.5 Å². The normalized spacial score (nSPS) is 27.9. The number of rotatable bonds is 8. The average molecular weight is 1200 g/mol. The maximum Gasteiger partial charge on any atom is 0.201 e. The summed E-state index contributed by atoms with van der Waals surface area (Å²) in [7, 11) is -3.29. The van der Waals surface area contributed by atoms with Crippen molar-refractivity contribution < 1.29 is 43.4 Å². The molecule has 0 amide bonds. The van der Waals surface area contributed by atoms with Gasteiger partial charge in [-0.05, 0) is 70.8 Å². The van der Waals surface area contributed by atoms with Gasteiger partial charge < -0.3 is 35.0 Å². The summed E-state index contributed by atoms with van der Waals surface area (Å²) >= 11 is 20.8. The van der Waals surface area contributed by atoms with Gasteiger partial charge in [0.1, 0.15) is 40.3 Å². The fraction of sp³-hybridized carbons (Fsp3) is 0.200. The number of aromatic nitrogens is 4. The third-order valence-corrected chi connectivity index (χ3v) is 18.9. The van der Waals surface area contributed by atoms with Crippen LogP contribution in [-0.2, 0) is 32.2 Å². The number of fused-ring (bicyclic) bond motifs is 6. The predicted molar refractivity (Wildman–Crippen MR) is 287 cm³/mol. The highest BCUT2D eigenvalue weighted by Crippen LogP contribution is 2.70. The molecule has 2 aliphatic heterocycles. The topological polar surface area (TPSA) is 205 Å². The average Bonchev–Trinajstić information content (AvgIpc) is 3.98. The molecule has 2 fully saturated rings. The lowest BCUT2D eigenvalue weighted by Crippen LogP contribution is -2.52. The predicted octanol–water partition coefficient (Wildman–Crippen LogP) is 9.66. The highest BCUT2D eigenvalue weighted by molar-refractivity contribution is 9.10. The molecule has 6 heterocycles. The molecule has 12 rings (SSSR count). The van der Waals surface area contributed by atoms with Gasteiger partial charge in [-0.3, -0.25) is 9.97 Å². The molecule has 2 saturated carbocycles. The Balaban J connectivity index is 0.000000164. The minimum Gasteiger partial charge on any atom is -0.476 e. The molecule has 19 heteroatoms. The number of halogens is 4. The fourth-order valence-corrected chi connectivity index (χ4v) is 15.4. The van der Waals surface area contributed by atoms with Crippen LogP contribution in [0.4, 0.5) is 0 Å². The van der Waals surface area contributed by atoms with E-state index in [0.717, 1.165) is 32.2 Å². The van der Waals surface area contributed by atoms with E-state index in [1.54, 1.807) is 79.0 Å². The Morgan fingerprint density at radius 2 is 1.01 bits per heavy atom. The number of thioether (sulfide) groups is 1. The quantitative estimate of drug-likeness (QED) is 0.0961. The molecule has 0 radical (unpaired) electrons. The number of nitrogens with zero attached hydrogens (tertiary/aromatic N) is 4. The van der Waals surface area contributed by atoms with Gasteiger partial charge in [-0.15, -0.1) is 0 Å². The van der Waals surface area contributed by atoms with Gasteiger partial charge in [-0.1, -0.05) is 164 Å². The number of pyridine rings is 4. The lowest BCUT2D eigenvalue weighted by Gasteiger charge is -2.40. The second-order valence-electron chi connectivity index (χ2n) is 17.8. The van der Waals surface area contributed by atoms with Crippen LogP contribution in [0.2, 0.25) is 10.0 Å². The zero-order valence-corrected chi connectivity index (χ0v) is 45.1. The van der Waals surface area contributed by atoms with Crippen molar-refractivity contribution in [2.24, 2.45) is 0 Å². The van der Waals surface area contributed by atoms with E-state index in [4.69, 9.17) is 37.8 Å². The van der Waals surface area contributed by atoms with Crippen LogP contribution >= 0.6 is 66.8 Å². The van der Waals surface area contributed by atoms with Crippen LogP contribution in [-0.4, -0.2) is 83.7 Å². The number of aliphatic hydroxyl groups is 5. The van der Waals surface area contributed by atoms with Crippen molar-refractivity contribution in [3.8, 4) is 11.5 Å². The molecular formula is C55H44Br2Cl2N4O9S2. The molecule has 378 valence electrons. The zero-order valence-electron chi connectivity index (χ0n) is 38.8. The lowest BCUT2D eigenvalue weighted by atomic mass is 9.72. The molecule has 8 aromatic rings. The summed E-state index contributed by atoms with van der Waals surface area (Å²) in [6, 6.07) is 46.8. The fourth-order valence-electron chi connectivity index (χ4n) is 11.2. The summed E-state index contributed by atoms with van der Waals surface area (Å²) < 4.78 is 43.3. The lowest BCUT2D eigenvalue weighted by molar-refractivity contribution is -0.150. The first-order valence-electron chi connectivity index (χ1n) is 23.0. The largest absolute Gasteiger partial charge is 0.476 e. The Hall–Kier alpha value is -5.28. The van der Waals surface area contributed by atoms with E-state index >= 15 is 0 Å². The van der Waals surface area contributed by atoms with Gasteiger partial charge >= 0.3 is 0 Å². The number of ether oxygens (including phenoxy) is 2. The Morgan fingerprint density at radius 1 is 0.568 bits per heavy atom. The van der Waals surface area contributed by atoms with E-state index < -0.39 is 66.8 Å². The number of hydrogen-bond acceptors (Lipinski definition) is 14.